The number of benzene rings is 1. The van der Waals surface area contributed by atoms with E-state index in [1.165, 1.54) is 12.1 Å². The quantitative estimate of drug-likeness (QED) is 0.761. The molecule has 128 valence electrons. The van der Waals surface area contributed by atoms with Crippen LogP contribution in [0, 0.1) is 5.92 Å². The first-order valence-electron chi connectivity index (χ1n) is 7.86. The van der Waals surface area contributed by atoms with Crippen molar-refractivity contribution in [3.05, 3.63) is 34.9 Å². The molecule has 1 aromatic carbocycles. The van der Waals surface area contributed by atoms with Crippen LogP contribution in [0.1, 0.15) is 47.7 Å². The van der Waals surface area contributed by atoms with Crippen LogP contribution in [0.5, 0.6) is 0 Å². The summed E-state index contributed by atoms with van der Waals surface area (Å²) < 4.78 is 44.4. The number of hydrogen-bond donors (Lipinski definition) is 0. The summed E-state index contributed by atoms with van der Waals surface area (Å²) >= 11 is 0. The molecule has 1 fully saturated rings. The Kier molecular flexibility index (Phi) is 5.68. The number of methoxy groups -OCH3 is 1. The highest BCUT2D eigenvalue weighted by atomic mass is 19.4. The fourth-order valence-corrected chi connectivity index (χ4v) is 3.16. The zero-order valence-electron chi connectivity index (χ0n) is 13.4. The van der Waals surface area contributed by atoms with E-state index >= 15 is 0 Å². The number of ether oxygens (including phenoxy) is 1. The number of alkyl halides is 3. The van der Waals surface area contributed by atoms with E-state index in [9.17, 15) is 18.0 Å². The minimum Gasteiger partial charge on any atom is -0.465 e. The van der Waals surface area contributed by atoms with Gasteiger partial charge >= 0.3 is 12.1 Å². The fraction of sp³-hybridized carbons (Fsp3) is 0.588. The van der Waals surface area contributed by atoms with Crippen LogP contribution < -0.4 is 0 Å². The van der Waals surface area contributed by atoms with Crippen LogP contribution in [-0.2, 0) is 17.5 Å². The molecule has 0 bridgehead atoms. The molecule has 23 heavy (non-hydrogen) atoms. The SMILES string of the molecule is CCCC1CCN(Cc2ccc(C(=O)OC)cc2C(F)(F)F)C1. The van der Waals surface area contributed by atoms with Crippen molar-refractivity contribution in [2.45, 2.75) is 38.9 Å². The Morgan fingerprint density at radius 1 is 1.39 bits per heavy atom. The summed E-state index contributed by atoms with van der Waals surface area (Å²) in [6.45, 7) is 4.04. The summed E-state index contributed by atoms with van der Waals surface area (Å²) in [5, 5.41) is 0. The maximum Gasteiger partial charge on any atom is 0.416 e. The first kappa shape index (κ1) is 17.8. The van der Waals surface area contributed by atoms with Crippen molar-refractivity contribution >= 4 is 5.97 Å². The highest BCUT2D eigenvalue weighted by Gasteiger charge is 2.35. The van der Waals surface area contributed by atoms with Crippen LogP contribution in [0.2, 0.25) is 0 Å². The first-order chi connectivity index (χ1) is 10.8. The van der Waals surface area contributed by atoms with Crippen molar-refractivity contribution in [3.8, 4) is 0 Å². The van der Waals surface area contributed by atoms with Gasteiger partial charge in [-0.05, 0) is 43.0 Å². The Bertz CT molecular complexity index is 557. The van der Waals surface area contributed by atoms with Crippen molar-refractivity contribution in [2.24, 2.45) is 5.92 Å². The van der Waals surface area contributed by atoms with Crippen molar-refractivity contribution in [2.75, 3.05) is 20.2 Å². The van der Waals surface area contributed by atoms with Crippen LogP contribution in [0.3, 0.4) is 0 Å². The molecule has 0 radical (unpaired) electrons. The van der Waals surface area contributed by atoms with Gasteiger partial charge in [0.25, 0.3) is 0 Å². The summed E-state index contributed by atoms with van der Waals surface area (Å²) in [6, 6.07) is 3.68. The molecule has 1 atom stereocenters. The van der Waals surface area contributed by atoms with Gasteiger partial charge in [-0.15, -0.1) is 0 Å². The molecule has 1 heterocycles. The number of rotatable bonds is 5. The molecule has 0 aromatic heterocycles. The zero-order valence-corrected chi connectivity index (χ0v) is 13.4. The molecule has 1 aromatic rings. The second-order valence-corrected chi connectivity index (χ2v) is 6.04. The highest BCUT2D eigenvalue weighted by molar-refractivity contribution is 5.89. The number of esters is 1. The standard InChI is InChI=1S/C17H22F3NO2/c1-3-4-12-7-8-21(10-12)11-14-6-5-13(16(22)23-2)9-15(14)17(18,19)20/h5-6,9,12H,3-4,7-8,10-11H2,1-2H3. The summed E-state index contributed by atoms with van der Waals surface area (Å²) in [7, 11) is 1.15. The third kappa shape index (κ3) is 4.47. The summed E-state index contributed by atoms with van der Waals surface area (Å²) in [5.74, 6) is -0.185. The molecule has 0 N–H and O–H groups in total. The number of halogens is 3. The highest BCUT2D eigenvalue weighted by Crippen LogP contribution is 2.34. The van der Waals surface area contributed by atoms with E-state index in [-0.39, 0.29) is 17.7 Å². The van der Waals surface area contributed by atoms with Crippen molar-refractivity contribution in [1.29, 1.82) is 0 Å². The van der Waals surface area contributed by atoms with E-state index in [2.05, 4.69) is 16.6 Å². The molecule has 3 nitrogen and oxygen atoms in total. The largest absolute Gasteiger partial charge is 0.465 e. The van der Waals surface area contributed by atoms with E-state index in [0.29, 0.717) is 5.92 Å². The number of nitrogens with zero attached hydrogens (tertiary/aromatic N) is 1. The summed E-state index contributed by atoms with van der Waals surface area (Å²) in [4.78, 5) is 13.5. The maximum atomic E-state index is 13.3. The van der Waals surface area contributed by atoms with Crippen molar-refractivity contribution < 1.29 is 22.7 Å². The lowest BCUT2D eigenvalue weighted by Crippen LogP contribution is -2.23. The molecule has 2 rings (SSSR count). The van der Waals surface area contributed by atoms with E-state index in [1.54, 1.807) is 0 Å². The Labute approximate surface area is 134 Å². The topological polar surface area (TPSA) is 29.5 Å². The lowest BCUT2D eigenvalue weighted by Gasteiger charge is -2.20. The van der Waals surface area contributed by atoms with Gasteiger partial charge in [0.15, 0.2) is 0 Å². The van der Waals surface area contributed by atoms with Gasteiger partial charge in [0, 0.05) is 13.1 Å². The van der Waals surface area contributed by atoms with Gasteiger partial charge in [-0.3, -0.25) is 4.90 Å². The van der Waals surface area contributed by atoms with Gasteiger partial charge < -0.3 is 4.74 Å². The molecular formula is C17H22F3NO2. The number of carbonyl (C=O) groups excluding carboxylic acids is 1. The second-order valence-electron chi connectivity index (χ2n) is 6.04. The molecule has 6 heteroatoms. The first-order valence-corrected chi connectivity index (χ1v) is 7.86. The maximum absolute atomic E-state index is 13.3. The molecule has 1 aliphatic heterocycles. The Morgan fingerprint density at radius 2 is 2.13 bits per heavy atom. The third-order valence-corrected chi connectivity index (χ3v) is 4.30. The van der Waals surface area contributed by atoms with Crippen LogP contribution in [0.4, 0.5) is 13.2 Å². The van der Waals surface area contributed by atoms with Crippen molar-refractivity contribution in [3.63, 3.8) is 0 Å². The van der Waals surface area contributed by atoms with E-state index in [4.69, 9.17) is 0 Å². The van der Waals surface area contributed by atoms with E-state index in [0.717, 1.165) is 45.5 Å². The van der Waals surface area contributed by atoms with Gasteiger partial charge in [0.2, 0.25) is 0 Å². The Morgan fingerprint density at radius 3 is 2.74 bits per heavy atom. The molecule has 1 unspecified atom stereocenters. The number of likely N-dealkylation sites (tertiary alicyclic amines) is 1. The monoisotopic (exact) mass is 329 g/mol. The van der Waals surface area contributed by atoms with Crippen LogP contribution >= 0.6 is 0 Å². The fourth-order valence-electron chi connectivity index (χ4n) is 3.16. The lowest BCUT2D eigenvalue weighted by atomic mass is 10.0. The Balaban J connectivity index is 2.19. The smallest absolute Gasteiger partial charge is 0.416 e. The average Bonchev–Trinajstić information content (AvgIpc) is 2.93. The Hall–Kier alpha value is -1.56. The number of carbonyl (C=O) groups is 1. The second kappa shape index (κ2) is 7.34. The molecule has 0 aliphatic carbocycles. The lowest BCUT2D eigenvalue weighted by molar-refractivity contribution is -0.138. The minimum atomic E-state index is -4.48. The summed E-state index contributed by atoms with van der Waals surface area (Å²) in [5.41, 5.74) is -0.615. The van der Waals surface area contributed by atoms with E-state index in [1.807, 2.05) is 0 Å². The van der Waals surface area contributed by atoms with Gasteiger partial charge in [-0.2, -0.15) is 13.2 Å². The van der Waals surface area contributed by atoms with E-state index < -0.39 is 17.7 Å². The molecule has 1 saturated heterocycles. The normalized spacial score (nSPS) is 19.1. The molecule has 0 spiro atoms. The molecule has 1 aliphatic rings. The van der Waals surface area contributed by atoms with Crippen LogP contribution in [-0.4, -0.2) is 31.1 Å². The van der Waals surface area contributed by atoms with Crippen LogP contribution in [0.25, 0.3) is 0 Å². The van der Waals surface area contributed by atoms with Gasteiger partial charge in [0.05, 0.1) is 18.2 Å². The van der Waals surface area contributed by atoms with Crippen molar-refractivity contribution in [1.82, 2.24) is 4.90 Å². The van der Waals surface area contributed by atoms with Gasteiger partial charge in [-0.25, -0.2) is 4.79 Å². The molecule has 0 amide bonds. The minimum absolute atomic E-state index is 0.0751. The predicted molar refractivity (Wildman–Crippen MR) is 81.1 cm³/mol. The predicted octanol–water partition coefficient (Wildman–Crippen LogP) is 4.11. The molecular weight excluding hydrogens is 307 g/mol. The zero-order chi connectivity index (χ0) is 17.0. The van der Waals surface area contributed by atoms with Crippen LogP contribution in [0.15, 0.2) is 18.2 Å². The third-order valence-electron chi connectivity index (χ3n) is 4.30. The summed E-state index contributed by atoms with van der Waals surface area (Å²) in [6.07, 6.45) is -1.23. The van der Waals surface area contributed by atoms with Gasteiger partial charge in [-0.1, -0.05) is 19.4 Å². The molecule has 0 saturated carbocycles. The van der Waals surface area contributed by atoms with Gasteiger partial charge in [0.1, 0.15) is 0 Å². The number of hydrogen-bond acceptors (Lipinski definition) is 3. The average molecular weight is 329 g/mol.